The molecule has 9 heteroatoms. The number of rotatable bonds is 5. The molecule has 252 valence electrons. The van der Waals surface area contributed by atoms with E-state index in [0.29, 0.717) is 35.9 Å². The highest BCUT2D eigenvalue weighted by Gasteiger charge is 2.16. The summed E-state index contributed by atoms with van der Waals surface area (Å²) in [7, 11) is 0. The van der Waals surface area contributed by atoms with E-state index >= 15 is 0 Å². The number of carboxylic acids is 1. The minimum absolute atomic E-state index is 0.108. The van der Waals surface area contributed by atoms with Crippen molar-refractivity contribution in [3.8, 4) is 23.7 Å². The van der Waals surface area contributed by atoms with Crippen molar-refractivity contribution in [2.75, 3.05) is 26.3 Å². The molecule has 0 aliphatic carbocycles. The largest absolute Gasteiger partial charge is 0.478 e. The van der Waals surface area contributed by atoms with Crippen molar-refractivity contribution in [3.05, 3.63) is 142 Å². The number of hydrogen-bond acceptors (Lipinski definition) is 5. The maximum Gasteiger partial charge on any atom is 0.335 e. The van der Waals surface area contributed by atoms with Gasteiger partial charge in [-0.1, -0.05) is 23.7 Å². The molecular weight excluding hydrogens is 626 g/mol. The molecule has 6 rings (SSSR count). The monoisotopic (exact) mass is 664 g/mol. The zero-order valence-corrected chi connectivity index (χ0v) is 27.0. The Bertz CT molecular complexity index is 1760. The van der Waals surface area contributed by atoms with Gasteiger partial charge in [-0.15, -0.1) is 0 Å². The van der Waals surface area contributed by atoms with Crippen LogP contribution in [-0.2, 0) is 9.47 Å². The molecule has 49 heavy (non-hydrogen) atoms. The molecule has 2 atom stereocenters. The molecular formula is C40H38F2N2O5. The predicted molar refractivity (Wildman–Crippen MR) is 184 cm³/mol. The number of nitrogens with one attached hydrogen (secondary N) is 1. The first kappa shape index (κ1) is 36.5. The molecule has 0 unspecified atom stereocenters. The molecule has 0 aromatic heterocycles. The Morgan fingerprint density at radius 3 is 1.39 bits per heavy atom. The summed E-state index contributed by atoms with van der Waals surface area (Å²) < 4.78 is 36.2. The SMILES string of the molecule is NC[C@@H]1CCCO1.O=C(NC[C@@H]1CCCO1)c1ccc(C#Cc2ccc(F)cc2)cc1.O=C(O)c1ccc(C#Cc2ccc(F)cc2)cc1. The van der Waals surface area contributed by atoms with Gasteiger partial charge in [0.2, 0.25) is 0 Å². The van der Waals surface area contributed by atoms with E-state index in [0.717, 1.165) is 43.6 Å². The number of halogens is 2. The van der Waals surface area contributed by atoms with Gasteiger partial charge in [0, 0.05) is 54.1 Å². The van der Waals surface area contributed by atoms with Crippen LogP contribution in [0.2, 0.25) is 0 Å². The second kappa shape index (κ2) is 19.5. The lowest BCUT2D eigenvalue weighted by Crippen LogP contribution is -2.31. The van der Waals surface area contributed by atoms with Crippen molar-refractivity contribution in [2.24, 2.45) is 5.73 Å². The fraction of sp³-hybridized carbons (Fsp3) is 0.250. The molecule has 4 aromatic rings. The number of amides is 1. The Morgan fingerprint density at radius 2 is 1.04 bits per heavy atom. The van der Waals surface area contributed by atoms with Crippen LogP contribution in [0.1, 0.15) is 68.7 Å². The van der Waals surface area contributed by atoms with Gasteiger partial charge in [0.15, 0.2) is 0 Å². The molecule has 2 aliphatic heterocycles. The highest BCUT2D eigenvalue weighted by Crippen LogP contribution is 2.12. The molecule has 2 fully saturated rings. The molecule has 0 radical (unpaired) electrons. The molecule has 1 amide bonds. The fourth-order valence-corrected chi connectivity index (χ4v) is 4.70. The summed E-state index contributed by atoms with van der Waals surface area (Å²) in [5, 5.41) is 11.6. The van der Waals surface area contributed by atoms with Crippen LogP contribution in [0.5, 0.6) is 0 Å². The topological polar surface area (TPSA) is 111 Å². The third kappa shape index (κ3) is 13.0. The summed E-state index contributed by atoms with van der Waals surface area (Å²) in [6, 6.07) is 25.3. The third-order valence-electron chi connectivity index (χ3n) is 7.47. The van der Waals surface area contributed by atoms with Gasteiger partial charge in [-0.05, 0) is 123 Å². The maximum atomic E-state index is 12.8. The number of hydrogen-bond donors (Lipinski definition) is 3. The number of carbonyl (C=O) groups excluding carboxylic acids is 1. The highest BCUT2D eigenvalue weighted by atomic mass is 19.1. The number of benzene rings is 4. The number of carbonyl (C=O) groups is 2. The molecule has 2 saturated heterocycles. The quantitative estimate of drug-likeness (QED) is 0.220. The Hall–Kier alpha value is -5.32. The number of aromatic carboxylic acids is 1. The predicted octanol–water partition coefficient (Wildman–Crippen LogP) is 6.18. The lowest BCUT2D eigenvalue weighted by molar-refractivity contribution is 0.0696. The second-order valence-electron chi connectivity index (χ2n) is 11.2. The third-order valence-corrected chi connectivity index (χ3v) is 7.47. The summed E-state index contributed by atoms with van der Waals surface area (Å²) in [5.41, 5.74) is 9.10. The standard InChI is InChI=1S/C20H18FNO2.C15H9FO2.C5H11NO/c21-18-11-7-16(8-12-18)4-3-15-5-9-17(10-6-15)20(23)22-14-19-2-1-13-24-19;16-14-9-5-12(6-10-14)2-1-11-3-7-13(8-4-11)15(17)18;6-4-5-2-1-3-7-5/h5-12,19H,1-2,13-14H2,(H,22,23);3-10H,(H,17,18);5H,1-4,6H2/t19-;;5-/m0.0/s1. The van der Waals surface area contributed by atoms with Crippen molar-refractivity contribution in [1.82, 2.24) is 5.32 Å². The van der Waals surface area contributed by atoms with Crippen LogP contribution in [0.4, 0.5) is 8.78 Å². The normalized spacial score (nSPS) is 15.9. The van der Waals surface area contributed by atoms with E-state index in [2.05, 4.69) is 29.0 Å². The first-order chi connectivity index (χ1) is 23.8. The van der Waals surface area contributed by atoms with Gasteiger partial charge < -0.3 is 25.6 Å². The smallest absolute Gasteiger partial charge is 0.335 e. The van der Waals surface area contributed by atoms with Crippen LogP contribution in [0.25, 0.3) is 0 Å². The van der Waals surface area contributed by atoms with E-state index in [1.165, 1.54) is 42.8 Å². The molecule has 7 nitrogen and oxygen atoms in total. The van der Waals surface area contributed by atoms with Gasteiger partial charge in [-0.2, -0.15) is 0 Å². The van der Waals surface area contributed by atoms with Crippen LogP contribution in [0.3, 0.4) is 0 Å². The van der Waals surface area contributed by atoms with Crippen LogP contribution in [-0.4, -0.2) is 55.5 Å². The Kier molecular flexibility index (Phi) is 14.5. The van der Waals surface area contributed by atoms with Gasteiger partial charge in [0.1, 0.15) is 11.6 Å². The average molecular weight is 665 g/mol. The molecule has 2 aliphatic rings. The van der Waals surface area contributed by atoms with Crippen LogP contribution < -0.4 is 11.1 Å². The van der Waals surface area contributed by atoms with E-state index in [-0.39, 0.29) is 29.2 Å². The van der Waals surface area contributed by atoms with Gasteiger partial charge >= 0.3 is 5.97 Å². The average Bonchev–Trinajstić information content (AvgIpc) is 3.86. The summed E-state index contributed by atoms with van der Waals surface area (Å²) in [6.07, 6.45) is 4.92. The summed E-state index contributed by atoms with van der Waals surface area (Å²) in [6.45, 7) is 2.94. The molecule has 2 heterocycles. The van der Waals surface area contributed by atoms with Crippen LogP contribution >= 0.6 is 0 Å². The van der Waals surface area contributed by atoms with Gasteiger partial charge in [0.05, 0.1) is 17.8 Å². The first-order valence-electron chi connectivity index (χ1n) is 16.0. The van der Waals surface area contributed by atoms with Crippen molar-refractivity contribution < 1.29 is 33.0 Å². The zero-order valence-electron chi connectivity index (χ0n) is 27.0. The Labute approximate surface area is 285 Å². The Balaban J connectivity index is 0.000000189. The van der Waals surface area contributed by atoms with E-state index in [4.69, 9.17) is 20.3 Å². The molecule has 4 aromatic carbocycles. The molecule has 0 bridgehead atoms. The van der Waals surface area contributed by atoms with Crippen molar-refractivity contribution in [2.45, 2.75) is 37.9 Å². The van der Waals surface area contributed by atoms with E-state index in [9.17, 15) is 18.4 Å². The number of carboxylic acid groups (broad SMARTS) is 1. The highest BCUT2D eigenvalue weighted by molar-refractivity contribution is 5.94. The van der Waals surface area contributed by atoms with Crippen LogP contribution in [0, 0.1) is 35.3 Å². The molecule has 0 spiro atoms. The van der Waals surface area contributed by atoms with Gasteiger partial charge in [-0.25, -0.2) is 13.6 Å². The number of ether oxygens (including phenoxy) is 2. The van der Waals surface area contributed by atoms with Gasteiger partial charge in [0.25, 0.3) is 5.91 Å². The Morgan fingerprint density at radius 1 is 0.653 bits per heavy atom. The lowest BCUT2D eigenvalue weighted by atomic mass is 10.1. The van der Waals surface area contributed by atoms with Crippen molar-refractivity contribution >= 4 is 11.9 Å². The minimum atomic E-state index is -0.965. The van der Waals surface area contributed by atoms with E-state index in [1.54, 1.807) is 60.7 Å². The van der Waals surface area contributed by atoms with E-state index < -0.39 is 5.97 Å². The molecule has 0 saturated carbocycles. The lowest BCUT2D eigenvalue weighted by Gasteiger charge is -2.10. The summed E-state index contributed by atoms with van der Waals surface area (Å²) in [5.74, 6) is 10.1. The van der Waals surface area contributed by atoms with Crippen LogP contribution in [0.15, 0.2) is 97.1 Å². The fourth-order valence-electron chi connectivity index (χ4n) is 4.70. The van der Waals surface area contributed by atoms with Gasteiger partial charge in [-0.3, -0.25) is 4.79 Å². The van der Waals surface area contributed by atoms with Crippen molar-refractivity contribution in [1.29, 1.82) is 0 Å². The zero-order chi connectivity index (χ0) is 34.8. The molecule has 4 N–H and O–H groups in total. The summed E-state index contributed by atoms with van der Waals surface area (Å²) >= 11 is 0. The second-order valence-corrected chi connectivity index (χ2v) is 11.2. The minimum Gasteiger partial charge on any atom is -0.478 e. The van der Waals surface area contributed by atoms with E-state index in [1.807, 2.05) is 0 Å². The first-order valence-corrected chi connectivity index (χ1v) is 16.0. The number of nitrogens with two attached hydrogens (primary N) is 1. The van der Waals surface area contributed by atoms with Crippen molar-refractivity contribution in [3.63, 3.8) is 0 Å². The summed E-state index contributed by atoms with van der Waals surface area (Å²) in [4.78, 5) is 22.7. The maximum absolute atomic E-state index is 12.8.